The molecule has 0 saturated carbocycles. The van der Waals surface area contributed by atoms with Crippen LogP contribution >= 0.6 is 0 Å². The van der Waals surface area contributed by atoms with E-state index in [2.05, 4.69) is 599 Å². The summed E-state index contributed by atoms with van der Waals surface area (Å²) in [4.78, 5) is 7.07. The lowest BCUT2D eigenvalue weighted by Crippen LogP contribution is -2.11. The lowest BCUT2D eigenvalue weighted by atomic mass is 9.99. The zero-order chi connectivity index (χ0) is 93.0. The number of aromatic nitrogens is 3. The van der Waals surface area contributed by atoms with Gasteiger partial charge in [0.1, 0.15) is 0 Å². The van der Waals surface area contributed by atoms with Crippen LogP contribution in [0.1, 0.15) is 0 Å². The molecule has 0 N–H and O–H groups in total. The van der Waals surface area contributed by atoms with Gasteiger partial charge in [-0.05, 0) is 254 Å². The average Bonchev–Trinajstić information content (AvgIpc) is 1.67. The molecule has 660 valence electrons. The van der Waals surface area contributed by atoms with Crippen LogP contribution in [0.15, 0.2) is 570 Å². The van der Waals surface area contributed by atoms with Crippen molar-refractivity contribution in [1.29, 1.82) is 0 Å². The molecule has 0 fully saturated rings. The van der Waals surface area contributed by atoms with Gasteiger partial charge in [0.2, 0.25) is 0 Å². The zero-order valence-corrected chi connectivity index (χ0v) is 77.0. The largest absolute Gasteiger partial charge is 0.311 e. The molecule has 26 aromatic rings. The van der Waals surface area contributed by atoms with Gasteiger partial charge in [0, 0.05) is 99.8 Å². The average molecular weight is 1790 g/mol. The standard InChI is InChI=1S/2C46H32N2.C42H30N2/c1-3-15-33(16-4-1)35-19-13-22-38(31-35)48-45-27-12-10-25-41(45)42-32-36(29-30-46(42)48)40-24-9-11-26-43(40)47(37-20-5-2-6-21-37)44-28-14-18-34-17-7-8-23-39(34)44;1-3-14-33(15-4-1)35-18-11-23-40(30-35)48-45-26-10-9-25-42(45)43-32-37(28-29-46(43)48)36-19-12-22-39(31-36)47(38-20-5-2-6-21-38)44-27-13-17-34-16-7-8-24-41(34)44;1-4-13-31(14-5-1)33-15-12-20-38(29-33)44-41-22-11-10-21-39(41)40-30-34(25-28-42(40)44)32-23-26-37(27-24-32)43(35-16-6-2-7-17-35)36-18-8-3-9-19-36/h2*1-32H;1-30H. The van der Waals surface area contributed by atoms with Crippen molar-refractivity contribution in [3.8, 4) is 83.8 Å². The Bertz CT molecular complexity index is 8930. The van der Waals surface area contributed by atoms with E-state index in [1.807, 2.05) is 0 Å². The lowest BCUT2D eigenvalue weighted by molar-refractivity contribution is 1.18. The van der Waals surface area contributed by atoms with E-state index in [9.17, 15) is 0 Å². The highest BCUT2D eigenvalue weighted by Crippen LogP contribution is 2.48. The molecule has 0 aliphatic heterocycles. The van der Waals surface area contributed by atoms with Crippen LogP contribution in [0.5, 0.6) is 0 Å². The Balaban J connectivity index is 0.000000114. The molecular weight excluding hydrogens is 1690 g/mol. The van der Waals surface area contributed by atoms with Gasteiger partial charge in [-0.2, -0.15) is 0 Å². The molecule has 3 aromatic heterocycles. The van der Waals surface area contributed by atoms with Crippen molar-refractivity contribution >= 4 is 138 Å². The topological polar surface area (TPSA) is 24.5 Å². The van der Waals surface area contributed by atoms with Gasteiger partial charge in [-0.3, -0.25) is 0 Å². The van der Waals surface area contributed by atoms with Crippen LogP contribution in [0, 0.1) is 0 Å². The molecule has 140 heavy (non-hydrogen) atoms. The van der Waals surface area contributed by atoms with Gasteiger partial charge < -0.3 is 28.4 Å². The van der Waals surface area contributed by atoms with Crippen molar-refractivity contribution < 1.29 is 0 Å². The third-order valence-corrected chi connectivity index (χ3v) is 27.1. The molecule has 26 rings (SSSR count). The van der Waals surface area contributed by atoms with E-state index in [1.165, 1.54) is 154 Å². The summed E-state index contributed by atoms with van der Waals surface area (Å²) in [6.07, 6.45) is 0. The van der Waals surface area contributed by atoms with Crippen molar-refractivity contribution in [3.05, 3.63) is 570 Å². The van der Waals surface area contributed by atoms with E-state index in [0.29, 0.717) is 0 Å². The van der Waals surface area contributed by atoms with E-state index in [-0.39, 0.29) is 0 Å². The van der Waals surface area contributed by atoms with Crippen molar-refractivity contribution in [1.82, 2.24) is 13.7 Å². The predicted molar refractivity (Wildman–Crippen MR) is 594 cm³/mol. The van der Waals surface area contributed by atoms with E-state index in [4.69, 9.17) is 0 Å². The molecule has 0 bridgehead atoms. The number of hydrogen-bond acceptors (Lipinski definition) is 3. The lowest BCUT2D eigenvalue weighted by Gasteiger charge is -2.29. The smallest absolute Gasteiger partial charge is 0.0541 e. The van der Waals surface area contributed by atoms with Crippen LogP contribution in [0.4, 0.5) is 51.2 Å². The van der Waals surface area contributed by atoms with Gasteiger partial charge in [0.25, 0.3) is 0 Å². The number of hydrogen-bond donors (Lipinski definition) is 0. The third-order valence-electron chi connectivity index (χ3n) is 27.1. The molecule has 0 amide bonds. The molecule has 0 saturated heterocycles. The fourth-order valence-electron chi connectivity index (χ4n) is 20.6. The Morgan fingerprint density at radius 2 is 0.371 bits per heavy atom. The predicted octanol–water partition coefficient (Wildman–Crippen LogP) is 37.1. The minimum atomic E-state index is 1.12. The monoisotopic (exact) mass is 1790 g/mol. The second-order valence-electron chi connectivity index (χ2n) is 35.5. The van der Waals surface area contributed by atoms with Crippen molar-refractivity contribution in [3.63, 3.8) is 0 Å². The minimum absolute atomic E-state index is 1.12. The number of nitrogens with zero attached hydrogens (tertiary/aromatic N) is 6. The highest BCUT2D eigenvalue weighted by Gasteiger charge is 2.25. The van der Waals surface area contributed by atoms with Crippen LogP contribution in [0.3, 0.4) is 0 Å². The summed E-state index contributed by atoms with van der Waals surface area (Å²) in [5.41, 5.74) is 35.3. The molecule has 0 aliphatic carbocycles. The first-order valence-corrected chi connectivity index (χ1v) is 47.9. The summed E-state index contributed by atoms with van der Waals surface area (Å²) in [6, 6.07) is 205. The number of rotatable bonds is 18. The molecule has 23 aromatic carbocycles. The van der Waals surface area contributed by atoms with E-state index < -0.39 is 0 Å². The first kappa shape index (κ1) is 84.4. The summed E-state index contributed by atoms with van der Waals surface area (Å²) in [5, 5.41) is 12.4. The summed E-state index contributed by atoms with van der Waals surface area (Å²) in [5.74, 6) is 0. The van der Waals surface area contributed by atoms with Crippen molar-refractivity contribution in [2.24, 2.45) is 0 Å². The van der Waals surface area contributed by atoms with Crippen LogP contribution in [-0.2, 0) is 0 Å². The molecule has 0 radical (unpaired) electrons. The number of fused-ring (bicyclic) bond motifs is 11. The second kappa shape index (κ2) is 37.7. The molecule has 6 heteroatoms. The molecule has 3 heterocycles. The zero-order valence-electron chi connectivity index (χ0n) is 77.0. The SMILES string of the molecule is c1ccc(-c2cccc(-n3c4ccccc4c4cc(-c5ccc(N(c6ccccc6)c6ccccc6)cc5)ccc43)c2)cc1.c1ccc(-c2cccc(-n3c4ccccc4c4cc(-c5cccc(N(c6ccccc6)c6cccc7ccccc67)c5)ccc43)c2)cc1.c1ccc(-c2cccc(-n3c4ccccc4c4cc(-c5ccccc5N(c5ccccc5)c5cccc6ccccc56)ccc43)c2)cc1. The van der Waals surface area contributed by atoms with Gasteiger partial charge in [-0.1, -0.05) is 388 Å². The van der Waals surface area contributed by atoms with Gasteiger partial charge in [0.15, 0.2) is 0 Å². The fraction of sp³-hybridized carbons (Fsp3) is 0. The van der Waals surface area contributed by atoms with Crippen LogP contribution in [0.2, 0.25) is 0 Å². The first-order valence-electron chi connectivity index (χ1n) is 47.9. The Kier molecular flexibility index (Phi) is 22.7. The maximum absolute atomic E-state index is 2.40. The van der Waals surface area contributed by atoms with Gasteiger partial charge >= 0.3 is 0 Å². The molecule has 0 spiro atoms. The number of anilines is 9. The Morgan fingerprint density at radius 3 is 0.800 bits per heavy atom. The summed E-state index contributed by atoms with van der Waals surface area (Å²) < 4.78 is 7.19. The Hall–Kier alpha value is -18.6. The highest BCUT2D eigenvalue weighted by atomic mass is 15.2. The maximum atomic E-state index is 2.40. The van der Waals surface area contributed by atoms with E-state index >= 15 is 0 Å². The quantitative estimate of drug-likeness (QED) is 0.0856. The molecule has 0 unspecified atom stereocenters. The van der Waals surface area contributed by atoms with Crippen LogP contribution < -0.4 is 14.7 Å². The van der Waals surface area contributed by atoms with Gasteiger partial charge in [-0.15, -0.1) is 0 Å². The first-order chi connectivity index (χ1) is 69.5. The molecular formula is C134H94N6. The van der Waals surface area contributed by atoms with E-state index in [1.54, 1.807) is 0 Å². The van der Waals surface area contributed by atoms with Gasteiger partial charge in [-0.25, -0.2) is 0 Å². The molecule has 6 nitrogen and oxygen atoms in total. The second-order valence-corrected chi connectivity index (χ2v) is 35.5. The maximum Gasteiger partial charge on any atom is 0.0541 e. The summed E-state index contributed by atoms with van der Waals surface area (Å²) in [6.45, 7) is 0. The Morgan fingerprint density at radius 1 is 0.121 bits per heavy atom. The summed E-state index contributed by atoms with van der Waals surface area (Å²) in [7, 11) is 0. The number of benzene rings is 23. The molecule has 0 atom stereocenters. The summed E-state index contributed by atoms with van der Waals surface area (Å²) >= 11 is 0. The normalized spacial score (nSPS) is 11.3. The minimum Gasteiger partial charge on any atom is -0.311 e. The van der Waals surface area contributed by atoms with Crippen molar-refractivity contribution in [2.45, 2.75) is 0 Å². The molecule has 0 aliphatic rings. The Labute approximate surface area is 814 Å². The van der Waals surface area contributed by atoms with Crippen molar-refractivity contribution in [2.75, 3.05) is 14.7 Å². The fourth-order valence-corrected chi connectivity index (χ4v) is 20.6. The van der Waals surface area contributed by atoms with E-state index in [0.717, 1.165) is 68.2 Å². The van der Waals surface area contributed by atoms with Crippen LogP contribution in [0.25, 0.3) is 171 Å². The highest BCUT2D eigenvalue weighted by molar-refractivity contribution is 6.14. The van der Waals surface area contributed by atoms with Gasteiger partial charge in [0.05, 0.1) is 50.2 Å². The third kappa shape index (κ3) is 16.3. The number of para-hydroxylation sites is 8. The van der Waals surface area contributed by atoms with Crippen LogP contribution in [-0.4, -0.2) is 13.7 Å².